The fourth-order valence-corrected chi connectivity index (χ4v) is 3.49. The highest BCUT2D eigenvalue weighted by Gasteiger charge is 2.23. The molecule has 1 heterocycles. The number of unbranched alkanes of at least 4 members (excludes halogenated alkanes) is 6. The Morgan fingerprint density at radius 3 is 2.27 bits per heavy atom. The monoisotopic (exact) mass is 472 g/mol. The van der Waals surface area contributed by atoms with Crippen LogP contribution in [0.25, 0.3) is 11.1 Å². The summed E-state index contributed by atoms with van der Waals surface area (Å²) >= 11 is 6.16. The average molecular weight is 473 g/mol. The van der Waals surface area contributed by atoms with E-state index in [2.05, 4.69) is 29.0 Å². The third kappa shape index (κ3) is 9.95. The van der Waals surface area contributed by atoms with Crippen molar-refractivity contribution in [1.82, 2.24) is 9.97 Å². The minimum absolute atomic E-state index is 0.0644. The van der Waals surface area contributed by atoms with Crippen LogP contribution in [0.15, 0.2) is 48.8 Å². The highest BCUT2D eigenvalue weighted by molar-refractivity contribution is 6.30. The van der Waals surface area contributed by atoms with Crippen LogP contribution in [0.3, 0.4) is 0 Å². The molecule has 33 heavy (non-hydrogen) atoms. The van der Waals surface area contributed by atoms with Crippen molar-refractivity contribution in [3.8, 4) is 22.9 Å². The highest BCUT2D eigenvalue weighted by atomic mass is 35.5. The molecule has 0 N–H and O–H groups in total. The van der Waals surface area contributed by atoms with Gasteiger partial charge in [-0.1, -0.05) is 70.2 Å². The van der Waals surface area contributed by atoms with Crippen LogP contribution in [-0.4, -0.2) is 27.9 Å². The van der Waals surface area contributed by atoms with Crippen molar-refractivity contribution in [2.24, 2.45) is 5.92 Å². The van der Waals surface area contributed by atoms with E-state index in [1.165, 1.54) is 38.5 Å². The van der Waals surface area contributed by atoms with Crippen molar-refractivity contribution in [2.45, 2.75) is 77.5 Å². The van der Waals surface area contributed by atoms with Crippen molar-refractivity contribution in [3.05, 3.63) is 48.8 Å². The van der Waals surface area contributed by atoms with Gasteiger partial charge in [-0.2, -0.15) is 0 Å². The first-order chi connectivity index (χ1) is 16.0. The summed E-state index contributed by atoms with van der Waals surface area (Å²) in [6, 6.07) is 7.63. The Morgan fingerprint density at radius 2 is 1.64 bits per heavy atom. The zero-order valence-corrected chi connectivity index (χ0v) is 20.9. The van der Waals surface area contributed by atoms with Gasteiger partial charge >= 0.3 is 12.0 Å². The van der Waals surface area contributed by atoms with Crippen molar-refractivity contribution in [3.63, 3.8) is 0 Å². The van der Waals surface area contributed by atoms with E-state index in [4.69, 9.17) is 21.1 Å². The lowest BCUT2D eigenvalue weighted by atomic mass is 10.1. The zero-order valence-electron chi connectivity index (χ0n) is 20.1. The van der Waals surface area contributed by atoms with Gasteiger partial charge < -0.3 is 9.47 Å². The third-order valence-corrected chi connectivity index (χ3v) is 6.24. The van der Waals surface area contributed by atoms with E-state index in [0.717, 1.165) is 24.0 Å². The van der Waals surface area contributed by atoms with E-state index in [1.54, 1.807) is 24.5 Å². The van der Waals surface area contributed by atoms with Gasteiger partial charge in [0.1, 0.15) is 11.1 Å². The molecule has 0 aliphatic rings. The number of carbonyl (C=O) groups excluding carboxylic acids is 1. The van der Waals surface area contributed by atoms with E-state index in [1.807, 2.05) is 26.0 Å². The van der Waals surface area contributed by atoms with E-state index in [0.29, 0.717) is 18.4 Å². The molecule has 0 amide bonds. The lowest BCUT2D eigenvalue weighted by Gasteiger charge is -2.15. The van der Waals surface area contributed by atoms with Gasteiger partial charge in [0.25, 0.3) is 0 Å². The molecule has 1 aromatic heterocycles. The molecule has 1 unspecified atom stereocenters. The van der Waals surface area contributed by atoms with Gasteiger partial charge in [0.2, 0.25) is 0 Å². The van der Waals surface area contributed by atoms with Crippen molar-refractivity contribution >= 4 is 17.6 Å². The molecule has 0 fully saturated rings. The predicted molar refractivity (Wildman–Crippen MR) is 135 cm³/mol. The maximum Gasteiger partial charge on any atom is 0.329 e. The summed E-state index contributed by atoms with van der Waals surface area (Å²) in [6.07, 6.45) is 17.1. The summed E-state index contributed by atoms with van der Waals surface area (Å²) in [5.41, 5.74) is 1.80. The topological polar surface area (TPSA) is 61.3 Å². The number of aromatic nitrogens is 2. The minimum atomic E-state index is -0.649. The summed E-state index contributed by atoms with van der Waals surface area (Å²) in [7, 11) is 0. The van der Waals surface area contributed by atoms with Crippen LogP contribution >= 0.6 is 11.6 Å². The molecule has 5 nitrogen and oxygen atoms in total. The number of nitrogens with zero attached hydrogens (tertiary/aromatic N) is 2. The second kappa shape index (κ2) is 15.4. The van der Waals surface area contributed by atoms with Gasteiger partial charge in [0.05, 0.1) is 6.61 Å². The quantitative estimate of drug-likeness (QED) is 0.0888. The summed E-state index contributed by atoms with van der Waals surface area (Å²) in [4.78, 5) is 20.7. The molecule has 2 aromatic rings. The Morgan fingerprint density at radius 1 is 1.00 bits per heavy atom. The molecule has 6 heteroatoms. The molecular formula is C27H37ClN2O3. The second-order valence-corrected chi connectivity index (χ2v) is 8.78. The minimum Gasteiger partial charge on any atom is -0.463 e. The van der Waals surface area contributed by atoms with Crippen LogP contribution < -0.4 is 9.47 Å². The van der Waals surface area contributed by atoms with Crippen molar-refractivity contribution < 1.29 is 14.3 Å². The van der Waals surface area contributed by atoms with Crippen molar-refractivity contribution in [1.29, 1.82) is 0 Å². The van der Waals surface area contributed by atoms with Gasteiger partial charge in [-0.05, 0) is 49.8 Å². The van der Waals surface area contributed by atoms with Crippen LogP contribution in [0, 0.1) is 5.92 Å². The number of ether oxygens (including phenoxy) is 2. The van der Waals surface area contributed by atoms with Crippen LogP contribution in [0.5, 0.6) is 11.8 Å². The number of allylic oxidation sites excluding steroid dienone is 2. The fourth-order valence-electron chi connectivity index (χ4n) is 3.27. The second-order valence-electron chi connectivity index (χ2n) is 8.31. The summed E-state index contributed by atoms with van der Waals surface area (Å²) in [6.45, 7) is 6.64. The number of carbonyl (C=O) groups is 1. The van der Waals surface area contributed by atoms with Crippen molar-refractivity contribution in [2.75, 3.05) is 6.61 Å². The summed E-state index contributed by atoms with van der Waals surface area (Å²) in [5, 5.41) is -0.649. The van der Waals surface area contributed by atoms with E-state index in [9.17, 15) is 4.79 Å². The van der Waals surface area contributed by atoms with E-state index < -0.39 is 11.3 Å². The Labute approximate surface area is 203 Å². The first kappa shape index (κ1) is 26.8. The molecule has 0 saturated carbocycles. The smallest absolute Gasteiger partial charge is 0.329 e. The van der Waals surface area contributed by atoms with E-state index >= 15 is 0 Å². The Bertz CT molecular complexity index is 837. The maximum absolute atomic E-state index is 12.1. The fraction of sp³-hybridized carbons (Fsp3) is 0.519. The number of esters is 1. The highest BCUT2D eigenvalue weighted by Crippen LogP contribution is 2.23. The molecule has 2 rings (SSSR count). The molecule has 0 saturated heterocycles. The molecule has 0 spiro atoms. The molecule has 0 bridgehead atoms. The van der Waals surface area contributed by atoms with E-state index in [-0.39, 0.29) is 5.92 Å². The van der Waals surface area contributed by atoms with Crippen LogP contribution in [-0.2, 0) is 4.79 Å². The average Bonchev–Trinajstić information content (AvgIpc) is 2.85. The number of benzene rings is 1. The van der Waals surface area contributed by atoms with Crippen LogP contribution in [0.1, 0.15) is 72.1 Å². The molecule has 2 atom stereocenters. The maximum atomic E-state index is 12.1. The Kier molecular flexibility index (Phi) is 12.6. The van der Waals surface area contributed by atoms with Gasteiger partial charge in [-0.25, -0.2) is 9.97 Å². The number of hydrogen-bond acceptors (Lipinski definition) is 5. The molecule has 180 valence electrons. The molecule has 0 radical (unpaired) electrons. The lowest BCUT2D eigenvalue weighted by Crippen LogP contribution is -2.26. The number of rotatable bonds is 15. The Hall–Kier alpha value is -2.40. The number of alkyl halides is 1. The normalized spacial score (nSPS) is 13.1. The van der Waals surface area contributed by atoms with Gasteiger partial charge in [0, 0.05) is 18.0 Å². The summed E-state index contributed by atoms with van der Waals surface area (Å²) < 4.78 is 11.1. The first-order valence-corrected chi connectivity index (χ1v) is 12.5. The van der Waals surface area contributed by atoms with Gasteiger partial charge in [-0.15, -0.1) is 11.6 Å². The standard InChI is InChI=1S/C27H37ClN2O3/c1-4-6-7-8-9-10-11-12-13-18-32-27-29-19-23(20-30-27)22-14-16-24(17-15-22)33-26(31)25(28)21(3)5-2/h4,6,14-17,19-21,25H,5,7-13,18H2,1-3H3/t21?,25-/m0/s1. The summed E-state index contributed by atoms with van der Waals surface area (Å²) in [5.74, 6) is 0.110. The zero-order chi connectivity index (χ0) is 23.9. The largest absolute Gasteiger partial charge is 0.463 e. The first-order valence-electron chi connectivity index (χ1n) is 12.1. The van der Waals surface area contributed by atoms with Gasteiger partial charge in [0.15, 0.2) is 0 Å². The molecule has 1 aromatic carbocycles. The number of hydrogen-bond donors (Lipinski definition) is 0. The SMILES string of the molecule is CC=CCCCCCCCCOc1ncc(-c2ccc(OC(=O)[C@@H](Cl)C(C)CC)cc2)cn1. The third-order valence-electron chi connectivity index (χ3n) is 5.63. The number of halogens is 1. The van der Waals surface area contributed by atoms with Gasteiger partial charge in [-0.3, -0.25) is 4.79 Å². The lowest BCUT2D eigenvalue weighted by molar-refractivity contribution is -0.134. The molecule has 0 aliphatic carbocycles. The van der Waals surface area contributed by atoms with Crippen LogP contribution in [0.2, 0.25) is 0 Å². The molecular weight excluding hydrogens is 436 g/mol. The molecule has 0 aliphatic heterocycles. The Balaban J connectivity index is 1.71. The van der Waals surface area contributed by atoms with Crippen LogP contribution in [0.4, 0.5) is 0 Å². The predicted octanol–water partition coefficient (Wildman–Crippen LogP) is 7.39.